The molecule has 2 aliphatic rings. The summed E-state index contributed by atoms with van der Waals surface area (Å²) in [6, 6.07) is 2.93. The van der Waals surface area contributed by atoms with E-state index in [1.807, 2.05) is 19.9 Å². The molecule has 3 rings (SSSR count). The Hall–Kier alpha value is -2.62. The van der Waals surface area contributed by atoms with E-state index in [2.05, 4.69) is 21.1 Å². The second-order valence-corrected chi connectivity index (χ2v) is 11.0. The van der Waals surface area contributed by atoms with Gasteiger partial charge in [0.15, 0.2) is 0 Å². The normalized spacial score (nSPS) is 21.8. The van der Waals surface area contributed by atoms with E-state index in [9.17, 15) is 13.2 Å². The van der Waals surface area contributed by atoms with Crippen LogP contribution in [0, 0.1) is 29.1 Å². The summed E-state index contributed by atoms with van der Waals surface area (Å²) in [5.74, 6) is -0.712. The lowest BCUT2D eigenvalue weighted by Gasteiger charge is -2.34. The zero-order chi connectivity index (χ0) is 24.7. The van der Waals surface area contributed by atoms with Crippen molar-refractivity contribution in [1.82, 2.24) is 15.0 Å². The van der Waals surface area contributed by atoms with Gasteiger partial charge in [0.1, 0.15) is 0 Å². The van der Waals surface area contributed by atoms with Crippen molar-refractivity contribution in [3.63, 3.8) is 0 Å². The molecule has 1 saturated carbocycles. The average molecular weight is 486 g/mol. The first-order chi connectivity index (χ1) is 16.3. The third-order valence-corrected chi connectivity index (χ3v) is 7.59. The fourth-order valence-electron chi connectivity index (χ4n) is 3.97. The fraction of sp³-hybridized carbons (Fsp3) is 0.480. The molecule has 1 amide bonds. The third-order valence-electron chi connectivity index (χ3n) is 6.01. The highest BCUT2D eigenvalue weighted by Crippen LogP contribution is 2.38. The van der Waals surface area contributed by atoms with Gasteiger partial charge >= 0.3 is 0 Å². The number of hydrogen-bond donors (Lipinski definition) is 4. The van der Waals surface area contributed by atoms with E-state index < -0.39 is 27.9 Å². The van der Waals surface area contributed by atoms with Crippen molar-refractivity contribution in [2.75, 3.05) is 13.1 Å². The fourth-order valence-corrected chi connectivity index (χ4v) is 5.52. The third kappa shape index (κ3) is 6.71. The van der Waals surface area contributed by atoms with Crippen molar-refractivity contribution in [1.29, 1.82) is 5.41 Å². The number of pyridine rings is 1. The maximum Gasteiger partial charge on any atom is 0.253 e. The van der Waals surface area contributed by atoms with Gasteiger partial charge in [0.2, 0.25) is 10.0 Å². The lowest BCUT2D eigenvalue weighted by atomic mass is 9.78. The monoisotopic (exact) mass is 485 g/mol. The number of rotatable bonds is 12. The molecule has 2 unspecified atom stereocenters. The molecular formula is C25H35N5O3S. The lowest BCUT2D eigenvalue weighted by molar-refractivity contribution is 0.0939. The van der Waals surface area contributed by atoms with Crippen LogP contribution in [0.4, 0.5) is 0 Å². The van der Waals surface area contributed by atoms with E-state index >= 15 is 0 Å². The van der Waals surface area contributed by atoms with Crippen molar-refractivity contribution >= 4 is 22.1 Å². The molecule has 9 heteroatoms. The highest BCUT2D eigenvalue weighted by atomic mass is 32.2. The Balaban J connectivity index is 1.96. The summed E-state index contributed by atoms with van der Waals surface area (Å²) in [6.45, 7) is 4.56. The Labute approximate surface area is 202 Å². The van der Waals surface area contributed by atoms with Crippen molar-refractivity contribution in [3.05, 3.63) is 64.9 Å². The largest absolute Gasteiger partial charge is 0.345 e. The summed E-state index contributed by atoms with van der Waals surface area (Å²) in [5.41, 5.74) is 7.05. The first-order valence-corrected chi connectivity index (χ1v) is 13.3. The number of aromatic nitrogens is 1. The number of hydrogen-bond acceptors (Lipinski definition) is 6. The minimum atomic E-state index is -3.73. The summed E-state index contributed by atoms with van der Waals surface area (Å²) in [7, 11) is -3.73. The predicted molar refractivity (Wildman–Crippen MR) is 135 cm³/mol. The first kappa shape index (κ1) is 26.0. The molecule has 0 aromatic carbocycles. The smallest absolute Gasteiger partial charge is 0.253 e. The van der Waals surface area contributed by atoms with Gasteiger partial charge in [-0.3, -0.25) is 9.78 Å². The highest BCUT2D eigenvalue weighted by Gasteiger charge is 2.37. The summed E-state index contributed by atoms with van der Waals surface area (Å²) >= 11 is 0. The number of carbonyl (C=O) groups is 1. The lowest BCUT2D eigenvalue weighted by Crippen LogP contribution is -2.43. The maximum absolute atomic E-state index is 13.2. The summed E-state index contributed by atoms with van der Waals surface area (Å²) in [5, 5.41) is 11.2. The van der Waals surface area contributed by atoms with E-state index in [0.29, 0.717) is 31.0 Å². The van der Waals surface area contributed by atoms with Crippen LogP contribution >= 0.6 is 0 Å². The molecule has 0 spiro atoms. The van der Waals surface area contributed by atoms with Crippen LogP contribution in [0.25, 0.3) is 0 Å². The number of nitrogens with one attached hydrogen (secondary N) is 3. The van der Waals surface area contributed by atoms with E-state index in [0.717, 1.165) is 18.4 Å². The minimum Gasteiger partial charge on any atom is -0.345 e. The average Bonchev–Trinajstić information content (AvgIpc) is 3.65. The molecule has 1 aromatic rings. The molecule has 2 aliphatic carbocycles. The van der Waals surface area contributed by atoms with Crippen molar-refractivity contribution in [3.8, 4) is 0 Å². The van der Waals surface area contributed by atoms with E-state index in [-0.39, 0.29) is 16.7 Å². The van der Waals surface area contributed by atoms with Gasteiger partial charge in [-0.05, 0) is 61.4 Å². The number of amides is 1. The molecule has 0 bridgehead atoms. The number of nitrogens with two attached hydrogens (primary N) is 1. The topological polar surface area (TPSA) is 138 Å². The molecular weight excluding hydrogens is 450 g/mol. The van der Waals surface area contributed by atoms with Gasteiger partial charge in [0.05, 0.1) is 16.5 Å². The molecule has 0 aliphatic heterocycles. The molecule has 8 nitrogen and oxygen atoms in total. The maximum atomic E-state index is 13.2. The number of allylic oxidation sites excluding steroid dienone is 5. The predicted octanol–water partition coefficient (Wildman–Crippen LogP) is 2.78. The second-order valence-electron chi connectivity index (χ2n) is 9.27. The van der Waals surface area contributed by atoms with Crippen molar-refractivity contribution in [2.24, 2.45) is 29.4 Å². The van der Waals surface area contributed by atoms with Crippen LogP contribution in [0.1, 0.15) is 43.5 Å². The van der Waals surface area contributed by atoms with Crippen LogP contribution in [-0.2, 0) is 10.0 Å². The number of sulfonamides is 1. The Kier molecular flexibility index (Phi) is 8.93. The first-order valence-electron chi connectivity index (χ1n) is 11.8. The van der Waals surface area contributed by atoms with Gasteiger partial charge in [-0.2, -0.15) is 0 Å². The van der Waals surface area contributed by atoms with Crippen LogP contribution in [-0.4, -0.2) is 44.7 Å². The van der Waals surface area contributed by atoms with E-state index in [1.54, 1.807) is 30.5 Å². The quantitative estimate of drug-likeness (QED) is 0.266. The zero-order valence-corrected chi connectivity index (χ0v) is 20.6. The summed E-state index contributed by atoms with van der Waals surface area (Å²) in [4.78, 5) is 17.1. The Morgan fingerprint density at radius 2 is 2.03 bits per heavy atom. The highest BCUT2D eigenvalue weighted by molar-refractivity contribution is 7.93. The molecule has 0 saturated heterocycles. The molecule has 1 heterocycles. The number of carbonyl (C=O) groups excluding carboxylic acids is 1. The Morgan fingerprint density at radius 1 is 1.26 bits per heavy atom. The Bertz CT molecular complexity index is 1060. The SMILES string of the molecule is CC(C)CNS(=O)(=O)C1=CC=C([C@@H](CCN)NC(=O)c2cccnc2)C(C=N)C1/C=C/C1CC1. The van der Waals surface area contributed by atoms with Crippen LogP contribution in [0.2, 0.25) is 0 Å². The van der Waals surface area contributed by atoms with Crippen LogP contribution < -0.4 is 15.8 Å². The minimum absolute atomic E-state index is 0.167. The van der Waals surface area contributed by atoms with Gasteiger partial charge < -0.3 is 16.5 Å². The second kappa shape index (κ2) is 11.7. The van der Waals surface area contributed by atoms with Crippen molar-refractivity contribution in [2.45, 2.75) is 39.2 Å². The van der Waals surface area contributed by atoms with Gasteiger partial charge in [0.25, 0.3) is 5.91 Å². The molecule has 184 valence electrons. The van der Waals surface area contributed by atoms with Gasteiger partial charge in [-0.25, -0.2) is 13.1 Å². The van der Waals surface area contributed by atoms with Crippen LogP contribution in [0.15, 0.2) is 59.3 Å². The van der Waals surface area contributed by atoms with Crippen molar-refractivity contribution < 1.29 is 13.2 Å². The molecule has 5 N–H and O–H groups in total. The summed E-state index contributed by atoms with van der Waals surface area (Å²) in [6.07, 6.45) is 14.3. The summed E-state index contributed by atoms with van der Waals surface area (Å²) < 4.78 is 29.0. The standard InChI is InChI=1S/C25H35N5O3S/c1-17(2)15-29-34(32,33)24-10-9-20(22(14-27)21(24)8-7-18-5-6-18)23(11-12-26)30-25(31)19-4-3-13-28-16-19/h3-4,7-10,13-14,16-18,21-23,27,29H,5-6,11-12,15,26H2,1-2H3,(H,30,31)/b8-7+,27-14?/t21?,22?,23-/m1/s1. The van der Waals surface area contributed by atoms with Crippen LogP contribution in [0.5, 0.6) is 0 Å². The number of nitrogens with zero attached hydrogens (tertiary/aromatic N) is 1. The van der Waals surface area contributed by atoms with Gasteiger partial charge in [0, 0.05) is 37.0 Å². The van der Waals surface area contributed by atoms with E-state index in [1.165, 1.54) is 12.4 Å². The molecule has 0 radical (unpaired) electrons. The molecule has 1 fully saturated rings. The van der Waals surface area contributed by atoms with Gasteiger partial charge in [-0.1, -0.05) is 32.1 Å². The zero-order valence-electron chi connectivity index (χ0n) is 19.8. The Morgan fingerprint density at radius 3 is 2.62 bits per heavy atom. The van der Waals surface area contributed by atoms with E-state index in [4.69, 9.17) is 11.1 Å². The molecule has 1 aromatic heterocycles. The molecule has 34 heavy (non-hydrogen) atoms. The van der Waals surface area contributed by atoms with Crippen LogP contribution in [0.3, 0.4) is 0 Å². The molecule has 3 atom stereocenters. The van der Waals surface area contributed by atoms with Gasteiger partial charge in [-0.15, -0.1) is 0 Å².